The Kier molecular flexibility index (Phi) is 3.82. The Labute approximate surface area is 103 Å². The topological polar surface area (TPSA) is 41.1 Å². The summed E-state index contributed by atoms with van der Waals surface area (Å²) in [5.74, 6) is 2.08. The van der Waals surface area contributed by atoms with Crippen LogP contribution in [0, 0.1) is 6.92 Å². The summed E-state index contributed by atoms with van der Waals surface area (Å²) in [6, 6.07) is 0.707. The SMILES string of the molecule is CCCN(c1ncnc(NCC)c1C)C1CC1. The maximum Gasteiger partial charge on any atom is 0.137 e. The van der Waals surface area contributed by atoms with E-state index in [2.05, 4.69) is 41.0 Å². The van der Waals surface area contributed by atoms with Gasteiger partial charge in [0.1, 0.15) is 18.0 Å². The Hall–Kier alpha value is -1.32. The molecule has 94 valence electrons. The van der Waals surface area contributed by atoms with Crippen LogP contribution in [0.1, 0.15) is 38.7 Å². The predicted molar refractivity (Wildman–Crippen MR) is 71.6 cm³/mol. The molecule has 1 aromatic rings. The van der Waals surface area contributed by atoms with Crippen molar-refractivity contribution in [3.63, 3.8) is 0 Å². The second kappa shape index (κ2) is 5.34. The minimum atomic E-state index is 0.707. The van der Waals surface area contributed by atoms with E-state index < -0.39 is 0 Å². The Morgan fingerprint density at radius 1 is 1.35 bits per heavy atom. The van der Waals surface area contributed by atoms with Crippen molar-refractivity contribution in [2.24, 2.45) is 0 Å². The van der Waals surface area contributed by atoms with Gasteiger partial charge in [-0.3, -0.25) is 0 Å². The zero-order valence-electron chi connectivity index (χ0n) is 11.0. The van der Waals surface area contributed by atoms with Crippen molar-refractivity contribution in [1.29, 1.82) is 0 Å². The summed E-state index contributed by atoms with van der Waals surface area (Å²) in [5, 5.41) is 3.29. The maximum atomic E-state index is 4.48. The van der Waals surface area contributed by atoms with E-state index in [1.165, 1.54) is 18.4 Å². The van der Waals surface area contributed by atoms with E-state index in [1.807, 2.05) is 0 Å². The van der Waals surface area contributed by atoms with Gasteiger partial charge in [-0.25, -0.2) is 9.97 Å². The van der Waals surface area contributed by atoms with Gasteiger partial charge in [0.15, 0.2) is 0 Å². The molecule has 2 rings (SSSR count). The molecular formula is C13H22N4. The highest BCUT2D eigenvalue weighted by atomic mass is 15.2. The molecule has 0 spiro atoms. The molecule has 1 aliphatic rings. The molecule has 0 radical (unpaired) electrons. The number of anilines is 2. The van der Waals surface area contributed by atoms with E-state index in [0.717, 1.165) is 31.1 Å². The van der Waals surface area contributed by atoms with Gasteiger partial charge in [0.2, 0.25) is 0 Å². The zero-order valence-corrected chi connectivity index (χ0v) is 11.0. The fraction of sp³-hybridized carbons (Fsp3) is 0.692. The number of hydrogen-bond acceptors (Lipinski definition) is 4. The van der Waals surface area contributed by atoms with E-state index in [-0.39, 0.29) is 0 Å². The first-order valence-corrected chi connectivity index (χ1v) is 6.60. The van der Waals surface area contributed by atoms with Crippen LogP contribution in [0.25, 0.3) is 0 Å². The molecule has 0 amide bonds. The van der Waals surface area contributed by atoms with Gasteiger partial charge in [0, 0.05) is 24.7 Å². The van der Waals surface area contributed by atoms with Gasteiger partial charge < -0.3 is 10.2 Å². The lowest BCUT2D eigenvalue weighted by Gasteiger charge is -2.25. The average molecular weight is 234 g/mol. The summed E-state index contributed by atoms with van der Waals surface area (Å²) in [6.07, 6.45) is 5.45. The van der Waals surface area contributed by atoms with Gasteiger partial charge in [-0.05, 0) is 33.1 Å². The van der Waals surface area contributed by atoms with Crippen LogP contribution >= 0.6 is 0 Å². The van der Waals surface area contributed by atoms with E-state index in [1.54, 1.807) is 6.33 Å². The molecule has 1 saturated carbocycles. The summed E-state index contributed by atoms with van der Waals surface area (Å²) in [4.78, 5) is 11.2. The molecule has 4 nitrogen and oxygen atoms in total. The Balaban J connectivity index is 2.25. The van der Waals surface area contributed by atoms with Crippen LogP contribution in [-0.4, -0.2) is 29.1 Å². The van der Waals surface area contributed by atoms with Crippen molar-refractivity contribution < 1.29 is 0 Å². The van der Waals surface area contributed by atoms with Crippen LogP contribution in [0.3, 0.4) is 0 Å². The normalized spacial score (nSPS) is 14.8. The number of nitrogens with one attached hydrogen (secondary N) is 1. The van der Waals surface area contributed by atoms with Crippen molar-refractivity contribution in [2.45, 2.75) is 46.1 Å². The van der Waals surface area contributed by atoms with E-state index in [4.69, 9.17) is 0 Å². The Morgan fingerprint density at radius 2 is 2.12 bits per heavy atom. The molecule has 0 bridgehead atoms. The Bertz CT molecular complexity index is 374. The third-order valence-corrected chi connectivity index (χ3v) is 3.13. The smallest absolute Gasteiger partial charge is 0.137 e. The van der Waals surface area contributed by atoms with Crippen LogP contribution in [0.4, 0.5) is 11.6 Å². The lowest BCUT2D eigenvalue weighted by molar-refractivity contribution is 0.745. The first-order valence-electron chi connectivity index (χ1n) is 6.60. The number of nitrogens with zero attached hydrogens (tertiary/aromatic N) is 3. The third kappa shape index (κ3) is 2.68. The fourth-order valence-electron chi connectivity index (χ4n) is 2.16. The molecule has 1 N–H and O–H groups in total. The summed E-state index contributed by atoms with van der Waals surface area (Å²) >= 11 is 0. The lowest BCUT2D eigenvalue weighted by atomic mass is 10.2. The molecule has 0 unspecified atom stereocenters. The first kappa shape index (κ1) is 12.1. The van der Waals surface area contributed by atoms with Crippen molar-refractivity contribution in [3.8, 4) is 0 Å². The minimum Gasteiger partial charge on any atom is -0.370 e. The summed E-state index contributed by atoms with van der Waals surface area (Å²) < 4.78 is 0. The number of rotatable bonds is 6. The summed E-state index contributed by atoms with van der Waals surface area (Å²) in [5.41, 5.74) is 1.18. The lowest BCUT2D eigenvalue weighted by Crippen LogP contribution is -2.28. The number of hydrogen-bond donors (Lipinski definition) is 1. The molecule has 4 heteroatoms. The van der Waals surface area contributed by atoms with Gasteiger partial charge in [-0.2, -0.15) is 0 Å². The molecule has 1 aromatic heterocycles. The van der Waals surface area contributed by atoms with Crippen molar-refractivity contribution in [2.75, 3.05) is 23.3 Å². The van der Waals surface area contributed by atoms with Crippen LogP contribution < -0.4 is 10.2 Å². The molecule has 1 fully saturated rings. The molecule has 1 heterocycles. The van der Waals surface area contributed by atoms with Crippen molar-refractivity contribution in [3.05, 3.63) is 11.9 Å². The zero-order chi connectivity index (χ0) is 12.3. The van der Waals surface area contributed by atoms with Crippen molar-refractivity contribution in [1.82, 2.24) is 9.97 Å². The van der Waals surface area contributed by atoms with Gasteiger partial charge in [0.25, 0.3) is 0 Å². The largest absolute Gasteiger partial charge is 0.370 e. The minimum absolute atomic E-state index is 0.707. The van der Waals surface area contributed by atoms with Crippen LogP contribution in [-0.2, 0) is 0 Å². The molecule has 1 aliphatic carbocycles. The van der Waals surface area contributed by atoms with E-state index in [0.29, 0.717) is 6.04 Å². The van der Waals surface area contributed by atoms with Crippen LogP contribution in [0.15, 0.2) is 6.33 Å². The first-order chi connectivity index (χ1) is 8.27. The number of aromatic nitrogens is 2. The highest BCUT2D eigenvalue weighted by Gasteiger charge is 2.30. The monoisotopic (exact) mass is 234 g/mol. The van der Waals surface area contributed by atoms with Gasteiger partial charge in [-0.1, -0.05) is 6.92 Å². The standard InChI is InChI=1S/C13H22N4/c1-4-8-17(11-6-7-11)13-10(3)12(14-5-2)15-9-16-13/h9,11H,4-8H2,1-3H3,(H,14,15,16). The van der Waals surface area contributed by atoms with E-state index in [9.17, 15) is 0 Å². The molecule has 17 heavy (non-hydrogen) atoms. The quantitative estimate of drug-likeness (QED) is 0.821. The van der Waals surface area contributed by atoms with Gasteiger partial charge in [0.05, 0.1) is 0 Å². The summed E-state index contributed by atoms with van der Waals surface area (Å²) in [7, 11) is 0. The van der Waals surface area contributed by atoms with Crippen molar-refractivity contribution >= 4 is 11.6 Å². The highest BCUT2D eigenvalue weighted by molar-refractivity contribution is 5.58. The predicted octanol–water partition coefficient (Wildman–Crippen LogP) is 2.60. The van der Waals surface area contributed by atoms with Crippen LogP contribution in [0.5, 0.6) is 0 Å². The molecule has 0 aromatic carbocycles. The van der Waals surface area contributed by atoms with E-state index >= 15 is 0 Å². The molecular weight excluding hydrogens is 212 g/mol. The second-order valence-electron chi connectivity index (χ2n) is 4.63. The average Bonchev–Trinajstić information content (AvgIpc) is 3.14. The fourth-order valence-corrected chi connectivity index (χ4v) is 2.16. The van der Waals surface area contributed by atoms with Crippen LogP contribution in [0.2, 0.25) is 0 Å². The van der Waals surface area contributed by atoms with Gasteiger partial charge >= 0.3 is 0 Å². The molecule has 0 aliphatic heterocycles. The molecule has 0 atom stereocenters. The second-order valence-corrected chi connectivity index (χ2v) is 4.63. The Morgan fingerprint density at radius 3 is 2.71 bits per heavy atom. The maximum absolute atomic E-state index is 4.48. The third-order valence-electron chi connectivity index (χ3n) is 3.13. The highest BCUT2D eigenvalue weighted by Crippen LogP contribution is 2.33. The summed E-state index contributed by atoms with van der Waals surface area (Å²) in [6.45, 7) is 8.41. The van der Waals surface area contributed by atoms with Gasteiger partial charge in [-0.15, -0.1) is 0 Å². The molecule has 0 saturated heterocycles.